The van der Waals surface area contributed by atoms with Crippen LogP contribution in [0.5, 0.6) is 0 Å². The van der Waals surface area contributed by atoms with E-state index in [4.69, 9.17) is 5.14 Å². The first-order valence-corrected chi connectivity index (χ1v) is 9.51. The topological polar surface area (TPSA) is 127 Å². The number of nitrogens with two attached hydrogens (primary N) is 1. The number of nitrogens with zero attached hydrogens (tertiary/aromatic N) is 3. The van der Waals surface area contributed by atoms with Gasteiger partial charge in [-0.25, -0.2) is 18.2 Å². The zero-order valence-corrected chi connectivity index (χ0v) is 14.5. The third-order valence-corrected chi connectivity index (χ3v) is 4.88. The highest BCUT2D eigenvalue weighted by Crippen LogP contribution is 2.21. The Bertz CT molecular complexity index is 746. The van der Waals surface area contributed by atoms with Crippen LogP contribution in [0, 0.1) is 5.92 Å². The van der Waals surface area contributed by atoms with Crippen molar-refractivity contribution in [2.75, 3.05) is 30.3 Å². The third kappa shape index (κ3) is 5.60. The van der Waals surface area contributed by atoms with Gasteiger partial charge in [-0.2, -0.15) is 5.10 Å². The first-order chi connectivity index (χ1) is 11.2. The molecule has 0 spiro atoms. The molecule has 0 unspecified atom stereocenters. The van der Waals surface area contributed by atoms with Gasteiger partial charge in [0.25, 0.3) is 5.56 Å². The zero-order chi connectivity index (χ0) is 17.7. The molecule has 0 aromatic carbocycles. The Morgan fingerprint density at radius 2 is 2.25 bits per heavy atom. The van der Waals surface area contributed by atoms with Crippen molar-refractivity contribution in [3.05, 3.63) is 22.6 Å². The molecule has 1 aliphatic heterocycles. The number of aromatic nitrogens is 2. The number of carbonyl (C=O) groups is 1. The summed E-state index contributed by atoms with van der Waals surface area (Å²) >= 11 is 0. The Hall–Kier alpha value is -1.94. The second-order valence-electron chi connectivity index (χ2n) is 6.05. The molecule has 1 fully saturated rings. The van der Waals surface area contributed by atoms with E-state index in [1.165, 1.54) is 4.68 Å². The smallest absolute Gasteiger partial charge is 0.268 e. The lowest BCUT2D eigenvalue weighted by Gasteiger charge is -2.18. The van der Waals surface area contributed by atoms with Gasteiger partial charge in [-0.1, -0.05) is 0 Å². The summed E-state index contributed by atoms with van der Waals surface area (Å²) in [6.07, 6.45) is 2.94. The van der Waals surface area contributed by atoms with E-state index >= 15 is 0 Å². The van der Waals surface area contributed by atoms with Crippen LogP contribution >= 0.6 is 0 Å². The average Bonchev–Trinajstić information content (AvgIpc) is 2.95. The maximum absolute atomic E-state index is 11.7. The van der Waals surface area contributed by atoms with Gasteiger partial charge in [0, 0.05) is 39.2 Å². The normalized spacial score (nSPS) is 17.9. The number of hydrogen-bond donors (Lipinski definition) is 2. The third-order valence-electron chi connectivity index (χ3n) is 4.03. The Kier molecular flexibility index (Phi) is 5.94. The molecule has 0 bridgehead atoms. The van der Waals surface area contributed by atoms with Gasteiger partial charge in [-0.3, -0.25) is 9.59 Å². The van der Waals surface area contributed by atoms with Gasteiger partial charge in [0.15, 0.2) is 0 Å². The lowest BCUT2D eigenvalue weighted by molar-refractivity contribution is -0.121. The molecule has 9 nitrogen and oxygen atoms in total. The van der Waals surface area contributed by atoms with Crippen molar-refractivity contribution >= 4 is 21.6 Å². The van der Waals surface area contributed by atoms with E-state index in [9.17, 15) is 18.0 Å². The summed E-state index contributed by atoms with van der Waals surface area (Å²) in [5.41, 5.74) is 0.638. The van der Waals surface area contributed by atoms with Gasteiger partial charge < -0.3 is 10.2 Å². The molecule has 3 N–H and O–H groups in total. The molecule has 0 saturated carbocycles. The van der Waals surface area contributed by atoms with Crippen molar-refractivity contribution in [3.8, 4) is 0 Å². The van der Waals surface area contributed by atoms with Crippen LogP contribution < -0.4 is 20.9 Å². The SMILES string of the molecule is Cn1ncc(N2CC[C@H](CNC(=O)CCCS(N)(=O)=O)C2)cc1=O. The van der Waals surface area contributed by atoms with Crippen LogP contribution in [0.4, 0.5) is 5.69 Å². The highest BCUT2D eigenvalue weighted by molar-refractivity contribution is 7.89. The molecular formula is C14H23N5O4S. The summed E-state index contributed by atoms with van der Waals surface area (Å²) in [7, 11) is -1.91. The van der Waals surface area contributed by atoms with E-state index in [2.05, 4.69) is 15.3 Å². The molecule has 1 amide bonds. The van der Waals surface area contributed by atoms with Gasteiger partial charge in [-0.15, -0.1) is 0 Å². The van der Waals surface area contributed by atoms with Crippen LogP contribution in [0.15, 0.2) is 17.1 Å². The van der Waals surface area contributed by atoms with E-state index < -0.39 is 10.0 Å². The minimum atomic E-state index is -3.51. The number of hydrogen-bond acceptors (Lipinski definition) is 6. The van der Waals surface area contributed by atoms with Crippen molar-refractivity contribution in [2.45, 2.75) is 19.3 Å². The van der Waals surface area contributed by atoms with Gasteiger partial charge in [0.1, 0.15) is 0 Å². The zero-order valence-electron chi connectivity index (χ0n) is 13.6. The maximum atomic E-state index is 11.7. The first kappa shape index (κ1) is 18.4. The Balaban J connectivity index is 1.74. The van der Waals surface area contributed by atoms with Gasteiger partial charge in [-0.05, 0) is 18.8 Å². The molecule has 0 aliphatic carbocycles. The number of sulfonamides is 1. The van der Waals surface area contributed by atoms with Crippen LogP contribution in [0.1, 0.15) is 19.3 Å². The standard InChI is InChI=1S/C14H23N5O4S/c1-18-14(21)7-12(9-17-18)19-5-4-11(10-19)8-16-13(20)3-2-6-24(15,22)23/h7,9,11H,2-6,8,10H2,1H3,(H,16,20)(H2,15,22,23)/t11-/m1/s1. The highest BCUT2D eigenvalue weighted by Gasteiger charge is 2.23. The summed E-state index contributed by atoms with van der Waals surface area (Å²) in [5.74, 6) is -0.0725. The van der Waals surface area contributed by atoms with Gasteiger partial charge in [0.05, 0.1) is 17.6 Å². The first-order valence-electron chi connectivity index (χ1n) is 7.80. The second-order valence-corrected chi connectivity index (χ2v) is 7.78. The predicted molar refractivity (Wildman–Crippen MR) is 90.0 cm³/mol. The minimum Gasteiger partial charge on any atom is -0.370 e. The number of anilines is 1. The van der Waals surface area contributed by atoms with Crippen LogP contribution in [-0.4, -0.2) is 49.5 Å². The molecule has 1 aliphatic rings. The van der Waals surface area contributed by atoms with Crippen LogP contribution in [0.25, 0.3) is 0 Å². The lowest BCUT2D eigenvalue weighted by atomic mass is 10.1. The second kappa shape index (κ2) is 7.75. The molecular weight excluding hydrogens is 334 g/mol. The van der Waals surface area contributed by atoms with Crippen LogP contribution in [0.3, 0.4) is 0 Å². The van der Waals surface area contributed by atoms with Crippen LogP contribution in [0.2, 0.25) is 0 Å². The largest absolute Gasteiger partial charge is 0.370 e. The van der Waals surface area contributed by atoms with Crippen molar-refractivity contribution in [3.63, 3.8) is 0 Å². The number of rotatable bonds is 7. The number of nitrogens with one attached hydrogen (secondary N) is 1. The molecule has 24 heavy (non-hydrogen) atoms. The molecule has 1 aromatic rings. The molecule has 0 radical (unpaired) electrons. The number of primary sulfonamides is 1. The van der Waals surface area contributed by atoms with Crippen molar-refractivity contribution in [2.24, 2.45) is 18.1 Å². The molecule has 2 heterocycles. The minimum absolute atomic E-state index is 0.144. The van der Waals surface area contributed by atoms with E-state index in [0.29, 0.717) is 6.54 Å². The Morgan fingerprint density at radius 3 is 2.92 bits per heavy atom. The van der Waals surface area contributed by atoms with E-state index in [1.54, 1.807) is 19.3 Å². The molecule has 2 rings (SSSR count). The highest BCUT2D eigenvalue weighted by atomic mass is 32.2. The summed E-state index contributed by atoms with van der Waals surface area (Å²) in [5, 5.41) is 11.7. The summed E-state index contributed by atoms with van der Waals surface area (Å²) in [6.45, 7) is 2.08. The molecule has 1 saturated heterocycles. The van der Waals surface area contributed by atoms with Gasteiger partial charge >= 0.3 is 0 Å². The summed E-state index contributed by atoms with van der Waals surface area (Å²) in [6, 6.07) is 1.56. The quantitative estimate of drug-likeness (QED) is 0.630. The fourth-order valence-electron chi connectivity index (χ4n) is 2.65. The number of aryl methyl sites for hydroxylation is 1. The molecule has 1 aromatic heterocycles. The van der Waals surface area contributed by atoms with Crippen molar-refractivity contribution < 1.29 is 13.2 Å². The maximum Gasteiger partial charge on any atom is 0.268 e. The fourth-order valence-corrected chi connectivity index (χ4v) is 3.19. The van der Waals surface area contributed by atoms with Gasteiger partial charge in [0.2, 0.25) is 15.9 Å². The van der Waals surface area contributed by atoms with E-state index in [0.717, 1.165) is 25.2 Å². The fraction of sp³-hybridized carbons (Fsp3) is 0.643. The number of carbonyl (C=O) groups excluding carboxylic acids is 1. The molecule has 134 valence electrons. The molecule has 10 heteroatoms. The Labute approximate surface area is 140 Å². The summed E-state index contributed by atoms with van der Waals surface area (Å²) in [4.78, 5) is 25.4. The van der Waals surface area contributed by atoms with Crippen molar-refractivity contribution in [1.82, 2.24) is 15.1 Å². The molecule has 1 atom stereocenters. The Morgan fingerprint density at radius 1 is 1.50 bits per heavy atom. The lowest BCUT2D eigenvalue weighted by Crippen LogP contribution is -2.31. The number of amides is 1. The average molecular weight is 357 g/mol. The monoisotopic (exact) mass is 357 g/mol. The van der Waals surface area contributed by atoms with E-state index in [1.807, 2.05) is 0 Å². The van der Waals surface area contributed by atoms with E-state index in [-0.39, 0.29) is 36.0 Å². The predicted octanol–water partition coefficient (Wildman–Crippen LogP) is -1.21. The summed E-state index contributed by atoms with van der Waals surface area (Å²) < 4.78 is 22.9. The van der Waals surface area contributed by atoms with Crippen molar-refractivity contribution in [1.29, 1.82) is 0 Å². The van der Waals surface area contributed by atoms with Crippen LogP contribution in [-0.2, 0) is 21.9 Å².